The van der Waals surface area contributed by atoms with Crippen LogP contribution in [-0.2, 0) is 13.1 Å². The molecule has 15 heavy (non-hydrogen) atoms. The molecule has 0 aromatic carbocycles. The summed E-state index contributed by atoms with van der Waals surface area (Å²) in [6, 6.07) is 0. The van der Waals surface area contributed by atoms with Crippen molar-refractivity contribution in [3.05, 3.63) is 18.0 Å². The van der Waals surface area contributed by atoms with E-state index in [9.17, 15) is 0 Å². The number of halogens is 1. The lowest BCUT2D eigenvalue weighted by Gasteiger charge is -2.18. The SMILES string of the molecule is CCN(CCCCl)Cc1cnn(CC)c1. The summed E-state index contributed by atoms with van der Waals surface area (Å²) in [5.74, 6) is 0.741. The van der Waals surface area contributed by atoms with Crippen molar-refractivity contribution in [2.24, 2.45) is 0 Å². The Morgan fingerprint density at radius 1 is 1.47 bits per heavy atom. The van der Waals surface area contributed by atoms with Crippen LogP contribution in [0.1, 0.15) is 25.8 Å². The molecule has 1 heterocycles. The third-order valence-electron chi connectivity index (χ3n) is 2.47. The fraction of sp³-hybridized carbons (Fsp3) is 0.727. The van der Waals surface area contributed by atoms with E-state index in [1.807, 2.05) is 10.9 Å². The van der Waals surface area contributed by atoms with Crippen LogP contribution >= 0.6 is 11.6 Å². The van der Waals surface area contributed by atoms with Gasteiger partial charge in [0.25, 0.3) is 0 Å². The van der Waals surface area contributed by atoms with Crippen LogP contribution < -0.4 is 0 Å². The predicted octanol–water partition coefficient (Wildman–Crippen LogP) is 2.35. The fourth-order valence-electron chi connectivity index (χ4n) is 1.55. The van der Waals surface area contributed by atoms with Gasteiger partial charge in [0, 0.05) is 30.7 Å². The van der Waals surface area contributed by atoms with E-state index in [1.165, 1.54) is 5.56 Å². The quantitative estimate of drug-likeness (QED) is 0.670. The van der Waals surface area contributed by atoms with E-state index in [4.69, 9.17) is 11.6 Å². The van der Waals surface area contributed by atoms with Crippen molar-refractivity contribution in [2.45, 2.75) is 33.4 Å². The van der Waals surface area contributed by atoms with Gasteiger partial charge in [0.05, 0.1) is 6.20 Å². The summed E-state index contributed by atoms with van der Waals surface area (Å²) in [6.07, 6.45) is 5.12. The summed E-state index contributed by atoms with van der Waals surface area (Å²) in [5.41, 5.74) is 1.29. The molecule has 1 aromatic rings. The molecule has 1 aromatic heterocycles. The maximum absolute atomic E-state index is 5.69. The van der Waals surface area contributed by atoms with Gasteiger partial charge in [0.15, 0.2) is 0 Å². The van der Waals surface area contributed by atoms with Crippen LogP contribution in [-0.4, -0.2) is 33.6 Å². The van der Waals surface area contributed by atoms with E-state index in [0.29, 0.717) is 0 Å². The van der Waals surface area contributed by atoms with Crippen molar-refractivity contribution in [2.75, 3.05) is 19.0 Å². The zero-order valence-corrected chi connectivity index (χ0v) is 10.4. The van der Waals surface area contributed by atoms with E-state index >= 15 is 0 Å². The van der Waals surface area contributed by atoms with Crippen LogP contribution in [0, 0.1) is 0 Å². The molecule has 0 unspecified atom stereocenters. The molecule has 0 amide bonds. The van der Waals surface area contributed by atoms with Gasteiger partial charge in [-0.2, -0.15) is 5.10 Å². The van der Waals surface area contributed by atoms with Gasteiger partial charge in [-0.05, 0) is 26.4 Å². The standard InChI is InChI=1S/C11H20ClN3/c1-3-14(7-5-6-12)9-11-8-13-15(4-2)10-11/h8,10H,3-7,9H2,1-2H3. The summed E-state index contributed by atoms with van der Waals surface area (Å²) in [4.78, 5) is 2.39. The predicted molar refractivity (Wildman–Crippen MR) is 64.2 cm³/mol. The van der Waals surface area contributed by atoms with Crippen molar-refractivity contribution in [1.29, 1.82) is 0 Å². The van der Waals surface area contributed by atoms with E-state index in [-0.39, 0.29) is 0 Å². The minimum atomic E-state index is 0.741. The van der Waals surface area contributed by atoms with E-state index in [2.05, 4.69) is 30.0 Å². The van der Waals surface area contributed by atoms with Crippen molar-refractivity contribution < 1.29 is 0 Å². The highest BCUT2D eigenvalue weighted by atomic mass is 35.5. The number of aromatic nitrogens is 2. The van der Waals surface area contributed by atoms with E-state index < -0.39 is 0 Å². The molecule has 0 N–H and O–H groups in total. The third kappa shape index (κ3) is 4.22. The van der Waals surface area contributed by atoms with Gasteiger partial charge in [-0.15, -0.1) is 11.6 Å². The Kier molecular flexibility index (Phi) is 5.73. The van der Waals surface area contributed by atoms with Gasteiger partial charge < -0.3 is 0 Å². The molecule has 0 bridgehead atoms. The molecule has 1 rings (SSSR count). The molecule has 0 fully saturated rings. The zero-order valence-electron chi connectivity index (χ0n) is 9.62. The first-order valence-corrected chi connectivity index (χ1v) is 6.13. The molecular formula is C11H20ClN3. The summed E-state index contributed by atoms with van der Waals surface area (Å²) in [5, 5.41) is 4.27. The lowest BCUT2D eigenvalue weighted by molar-refractivity contribution is 0.281. The molecule has 0 aliphatic heterocycles. The molecule has 0 radical (unpaired) electrons. The summed E-state index contributed by atoms with van der Waals surface area (Å²) in [6.45, 7) is 8.33. The summed E-state index contributed by atoms with van der Waals surface area (Å²) >= 11 is 5.69. The van der Waals surface area contributed by atoms with Crippen LogP contribution in [0.2, 0.25) is 0 Å². The molecule has 0 saturated carbocycles. The Morgan fingerprint density at radius 3 is 2.80 bits per heavy atom. The third-order valence-corrected chi connectivity index (χ3v) is 2.74. The molecule has 0 aliphatic rings. The van der Waals surface area contributed by atoms with Gasteiger partial charge in [0.1, 0.15) is 0 Å². The topological polar surface area (TPSA) is 21.1 Å². The average Bonchev–Trinajstić information content (AvgIpc) is 2.71. The monoisotopic (exact) mass is 229 g/mol. The molecule has 4 heteroatoms. The van der Waals surface area contributed by atoms with Crippen LogP contribution in [0.3, 0.4) is 0 Å². The van der Waals surface area contributed by atoms with Crippen molar-refractivity contribution >= 4 is 11.6 Å². The lowest BCUT2D eigenvalue weighted by atomic mass is 10.3. The minimum absolute atomic E-state index is 0.741. The second kappa shape index (κ2) is 6.85. The van der Waals surface area contributed by atoms with Crippen molar-refractivity contribution in [3.8, 4) is 0 Å². The number of alkyl halides is 1. The average molecular weight is 230 g/mol. The Hall–Kier alpha value is -0.540. The summed E-state index contributed by atoms with van der Waals surface area (Å²) < 4.78 is 1.96. The first kappa shape index (κ1) is 12.5. The largest absolute Gasteiger partial charge is 0.299 e. The maximum Gasteiger partial charge on any atom is 0.0534 e. The minimum Gasteiger partial charge on any atom is -0.299 e. The van der Waals surface area contributed by atoms with Crippen LogP contribution in [0.15, 0.2) is 12.4 Å². The van der Waals surface area contributed by atoms with Gasteiger partial charge in [-0.25, -0.2) is 0 Å². The summed E-state index contributed by atoms with van der Waals surface area (Å²) in [7, 11) is 0. The van der Waals surface area contributed by atoms with Gasteiger partial charge >= 0.3 is 0 Å². The van der Waals surface area contributed by atoms with Crippen LogP contribution in [0.25, 0.3) is 0 Å². The van der Waals surface area contributed by atoms with Crippen molar-refractivity contribution in [3.63, 3.8) is 0 Å². The van der Waals surface area contributed by atoms with Crippen LogP contribution in [0.4, 0.5) is 0 Å². The molecule has 0 spiro atoms. The first-order valence-electron chi connectivity index (χ1n) is 5.59. The van der Waals surface area contributed by atoms with Crippen LogP contribution in [0.5, 0.6) is 0 Å². The number of nitrogens with zero attached hydrogens (tertiary/aromatic N) is 3. The van der Waals surface area contributed by atoms with Gasteiger partial charge in [-0.1, -0.05) is 6.92 Å². The Labute approximate surface area is 97.0 Å². The highest BCUT2D eigenvalue weighted by Gasteiger charge is 2.04. The lowest BCUT2D eigenvalue weighted by Crippen LogP contribution is -2.24. The molecule has 0 aliphatic carbocycles. The number of hydrogen-bond acceptors (Lipinski definition) is 2. The Bertz CT molecular complexity index is 273. The molecular weight excluding hydrogens is 210 g/mol. The second-order valence-electron chi connectivity index (χ2n) is 3.62. The molecule has 0 saturated heterocycles. The zero-order chi connectivity index (χ0) is 11.1. The molecule has 86 valence electrons. The number of aryl methyl sites for hydroxylation is 1. The highest BCUT2D eigenvalue weighted by Crippen LogP contribution is 2.04. The van der Waals surface area contributed by atoms with Gasteiger partial charge in [-0.3, -0.25) is 9.58 Å². The Morgan fingerprint density at radius 2 is 2.27 bits per heavy atom. The smallest absolute Gasteiger partial charge is 0.0534 e. The normalized spacial score (nSPS) is 11.2. The maximum atomic E-state index is 5.69. The highest BCUT2D eigenvalue weighted by molar-refractivity contribution is 6.17. The number of rotatable bonds is 7. The van der Waals surface area contributed by atoms with E-state index in [1.54, 1.807) is 0 Å². The molecule has 0 atom stereocenters. The van der Waals surface area contributed by atoms with Gasteiger partial charge in [0.2, 0.25) is 0 Å². The number of hydrogen-bond donors (Lipinski definition) is 0. The van der Waals surface area contributed by atoms with E-state index in [0.717, 1.165) is 38.5 Å². The second-order valence-corrected chi connectivity index (χ2v) is 3.99. The first-order chi connectivity index (χ1) is 7.30. The fourth-order valence-corrected chi connectivity index (χ4v) is 1.67. The Balaban J connectivity index is 2.43. The molecule has 3 nitrogen and oxygen atoms in total. The van der Waals surface area contributed by atoms with Crippen molar-refractivity contribution in [1.82, 2.24) is 14.7 Å².